The molecule has 2 heterocycles. The zero-order valence-electron chi connectivity index (χ0n) is 29.8. The molecule has 1 N–H and O–H groups in total. The zero-order valence-corrected chi connectivity index (χ0v) is 29.8. The van der Waals surface area contributed by atoms with Crippen LogP contribution in [0.15, 0.2) is 11.6 Å². The van der Waals surface area contributed by atoms with E-state index in [9.17, 15) is 5.11 Å². The van der Waals surface area contributed by atoms with Crippen molar-refractivity contribution in [1.82, 2.24) is 0 Å². The van der Waals surface area contributed by atoms with Gasteiger partial charge in [0.05, 0.1) is 43.0 Å². The van der Waals surface area contributed by atoms with Gasteiger partial charge in [0.15, 0.2) is 11.6 Å². The summed E-state index contributed by atoms with van der Waals surface area (Å²) in [5.74, 6) is 2.66. The number of aliphatic hydroxyl groups is 1. The molecule has 2 aliphatic heterocycles. The van der Waals surface area contributed by atoms with E-state index in [0.717, 1.165) is 32.3 Å². The monoisotopic (exact) mass is 624 g/mol. The van der Waals surface area contributed by atoms with Crippen LogP contribution in [0.25, 0.3) is 0 Å². The highest BCUT2D eigenvalue weighted by atomic mass is 16.7. The van der Waals surface area contributed by atoms with Gasteiger partial charge in [0, 0.05) is 5.41 Å². The Morgan fingerprint density at radius 2 is 1.58 bits per heavy atom. The minimum atomic E-state index is -0.804. The van der Waals surface area contributed by atoms with E-state index in [-0.39, 0.29) is 51.8 Å². The number of ether oxygens (including phenoxy) is 5. The molecule has 45 heavy (non-hydrogen) atoms. The van der Waals surface area contributed by atoms with Gasteiger partial charge >= 0.3 is 0 Å². The first-order chi connectivity index (χ1) is 20.8. The van der Waals surface area contributed by atoms with Gasteiger partial charge in [-0.3, -0.25) is 0 Å². The maximum atomic E-state index is 11.9. The van der Waals surface area contributed by atoms with Crippen LogP contribution in [-0.2, 0) is 23.7 Å². The van der Waals surface area contributed by atoms with Gasteiger partial charge in [-0.15, -0.1) is 6.42 Å². The fourth-order valence-corrected chi connectivity index (χ4v) is 13.0. The summed E-state index contributed by atoms with van der Waals surface area (Å²) >= 11 is 0. The molecule has 5 aliphatic carbocycles. The molecule has 0 amide bonds. The van der Waals surface area contributed by atoms with Gasteiger partial charge in [0.2, 0.25) is 0 Å². The Morgan fingerprint density at radius 1 is 0.867 bits per heavy atom. The first kappa shape index (κ1) is 32.6. The van der Waals surface area contributed by atoms with Gasteiger partial charge in [-0.25, -0.2) is 0 Å². The number of terminal acetylenes is 1. The summed E-state index contributed by atoms with van der Waals surface area (Å²) in [5, 5.41) is 11.9. The van der Waals surface area contributed by atoms with Crippen LogP contribution in [0.1, 0.15) is 114 Å². The molecule has 6 nitrogen and oxygen atoms in total. The molecule has 0 aromatic carbocycles. The molecule has 0 aromatic rings. The Hall–Kier alpha value is -0.940. The minimum Gasteiger partial charge on any atom is -0.390 e. The number of fused-ring (bicyclic) bond motifs is 8. The molecule has 7 aliphatic rings. The number of allylic oxidation sites excluding steroid dienone is 2. The van der Waals surface area contributed by atoms with E-state index >= 15 is 0 Å². The third-order valence-corrected chi connectivity index (χ3v) is 15.4. The van der Waals surface area contributed by atoms with Crippen LogP contribution in [0.5, 0.6) is 0 Å². The molecule has 2 saturated heterocycles. The van der Waals surface area contributed by atoms with Gasteiger partial charge in [-0.05, 0) is 112 Å². The van der Waals surface area contributed by atoms with Crippen molar-refractivity contribution in [2.45, 2.75) is 150 Å². The van der Waals surface area contributed by atoms with Crippen molar-refractivity contribution in [3.63, 3.8) is 0 Å². The zero-order chi connectivity index (χ0) is 32.6. The van der Waals surface area contributed by atoms with Crippen molar-refractivity contribution in [2.75, 3.05) is 19.8 Å². The molecule has 252 valence electrons. The SMILES string of the molecule is C#CCOC[C@@]12C3CC(C)(C)[C@@H](O)[C@@H]1OC(C)(C)O[C@@H]2C[C@]1(C)C3=CCC2[C@@]3(C)CC[C@@H]4OC(C)(C)OC[C@]4(C)C3CC[C@]21C. The van der Waals surface area contributed by atoms with Gasteiger partial charge in [0.25, 0.3) is 0 Å². The second-order valence-corrected chi connectivity index (χ2v) is 18.9. The average molecular weight is 625 g/mol. The van der Waals surface area contributed by atoms with Crippen LogP contribution >= 0.6 is 0 Å². The number of rotatable bonds is 3. The highest BCUT2D eigenvalue weighted by Crippen LogP contribution is 2.77. The smallest absolute Gasteiger partial charge is 0.163 e. The highest BCUT2D eigenvalue weighted by Gasteiger charge is 2.75. The maximum Gasteiger partial charge on any atom is 0.163 e. The topological polar surface area (TPSA) is 66.4 Å². The molecular weight excluding hydrogens is 564 g/mol. The molecule has 0 aromatic heterocycles. The van der Waals surface area contributed by atoms with Crippen LogP contribution in [0.2, 0.25) is 0 Å². The number of hydrogen-bond donors (Lipinski definition) is 1. The second kappa shape index (κ2) is 9.82. The number of aliphatic hydroxyl groups excluding tert-OH is 1. The third kappa shape index (κ3) is 4.23. The second-order valence-electron chi connectivity index (χ2n) is 18.9. The van der Waals surface area contributed by atoms with E-state index < -0.39 is 29.2 Å². The predicted molar refractivity (Wildman–Crippen MR) is 174 cm³/mol. The normalized spacial score (nSPS) is 53.7. The Morgan fingerprint density at radius 3 is 2.29 bits per heavy atom. The summed E-state index contributed by atoms with van der Waals surface area (Å²) in [6, 6.07) is 0. The van der Waals surface area contributed by atoms with E-state index in [1.165, 1.54) is 19.3 Å². The van der Waals surface area contributed by atoms with E-state index in [1.54, 1.807) is 5.57 Å². The van der Waals surface area contributed by atoms with E-state index in [1.807, 2.05) is 13.8 Å². The predicted octanol–water partition coefficient (Wildman–Crippen LogP) is 7.28. The molecule has 7 rings (SSSR count). The van der Waals surface area contributed by atoms with Crippen molar-refractivity contribution in [3.05, 3.63) is 11.6 Å². The summed E-state index contributed by atoms with van der Waals surface area (Å²) in [6.07, 6.45) is 15.0. The summed E-state index contributed by atoms with van der Waals surface area (Å²) in [6.45, 7) is 24.3. The molecule has 0 radical (unpaired) electrons. The largest absolute Gasteiger partial charge is 0.390 e. The highest BCUT2D eigenvalue weighted by molar-refractivity contribution is 5.37. The fourth-order valence-electron chi connectivity index (χ4n) is 13.0. The van der Waals surface area contributed by atoms with Crippen LogP contribution in [0.4, 0.5) is 0 Å². The van der Waals surface area contributed by atoms with Crippen molar-refractivity contribution < 1.29 is 28.8 Å². The van der Waals surface area contributed by atoms with Crippen LogP contribution < -0.4 is 0 Å². The lowest BCUT2D eigenvalue weighted by Crippen LogP contribution is -2.76. The summed E-state index contributed by atoms with van der Waals surface area (Å²) in [5.41, 5.74) is 1.03. The van der Waals surface area contributed by atoms with Crippen molar-refractivity contribution in [1.29, 1.82) is 0 Å². The van der Waals surface area contributed by atoms with Crippen molar-refractivity contribution in [3.8, 4) is 12.3 Å². The van der Waals surface area contributed by atoms with Gasteiger partial charge < -0.3 is 28.8 Å². The maximum absolute atomic E-state index is 11.9. The lowest BCUT2D eigenvalue weighted by molar-refractivity contribution is -0.404. The van der Waals surface area contributed by atoms with Gasteiger partial charge in [-0.2, -0.15) is 0 Å². The van der Waals surface area contributed by atoms with E-state index in [0.29, 0.717) is 18.4 Å². The molecule has 0 spiro atoms. The quantitative estimate of drug-likeness (QED) is 0.202. The lowest BCUT2D eigenvalue weighted by Gasteiger charge is -2.74. The molecule has 0 bridgehead atoms. The summed E-state index contributed by atoms with van der Waals surface area (Å²) in [7, 11) is 0. The van der Waals surface area contributed by atoms with Gasteiger partial charge in [0.1, 0.15) is 6.61 Å². The molecule has 12 atom stereocenters. The molecule has 6 fully saturated rings. The van der Waals surface area contributed by atoms with Crippen LogP contribution in [-0.4, -0.2) is 60.9 Å². The molecule has 4 saturated carbocycles. The lowest BCUT2D eigenvalue weighted by atomic mass is 9.33. The fraction of sp³-hybridized carbons (Fsp3) is 0.897. The van der Waals surface area contributed by atoms with Crippen molar-refractivity contribution in [2.24, 2.45) is 50.2 Å². The summed E-state index contributed by atoms with van der Waals surface area (Å²) in [4.78, 5) is 0. The Kier molecular flexibility index (Phi) is 7.12. The Balaban J connectivity index is 1.33. The standard InChI is InChI=1S/C39H60O6/c1-12-19-41-23-39-25-20-32(2,3)30(40)31(39)45-34(6,7)44-29(39)21-38(11)24(25)13-14-27-35(8)17-16-28-36(9,22-42-33(4,5)43-28)26(35)15-18-37(27,38)10/h1,13,25-31,40H,14-23H2,2-11H3/t25?,26?,27?,28-,29+,30-,31-,35-,36+,37+,38+,39-/m0/s1. The van der Waals surface area contributed by atoms with Gasteiger partial charge in [-0.1, -0.05) is 59.1 Å². The Bertz CT molecular complexity index is 1290. The first-order valence-electron chi connectivity index (χ1n) is 17.9. The number of hydrogen-bond acceptors (Lipinski definition) is 6. The van der Waals surface area contributed by atoms with E-state index in [4.69, 9.17) is 30.1 Å². The summed E-state index contributed by atoms with van der Waals surface area (Å²) < 4.78 is 33.1. The van der Waals surface area contributed by atoms with Crippen LogP contribution in [0, 0.1) is 62.6 Å². The molecule has 3 unspecified atom stereocenters. The van der Waals surface area contributed by atoms with E-state index in [2.05, 4.69) is 67.4 Å². The van der Waals surface area contributed by atoms with Crippen molar-refractivity contribution >= 4 is 0 Å². The Labute approximate surface area is 272 Å². The first-order valence-corrected chi connectivity index (χ1v) is 17.9. The minimum absolute atomic E-state index is 0.0232. The average Bonchev–Trinajstić information content (AvgIpc) is 2.93. The molecule has 6 heteroatoms. The third-order valence-electron chi connectivity index (χ3n) is 15.4. The van der Waals surface area contributed by atoms with Crippen LogP contribution in [0.3, 0.4) is 0 Å². The molecular formula is C39H60O6.